The number of carbonyl (C=O) groups excluding carboxylic acids is 1. The maximum absolute atomic E-state index is 13.8. The zero-order valence-electron chi connectivity index (χ0n) is 22.4. The second kappa shape index (κ2) is 11.0. The number of pyridine rings is 1. The van der Waals surface area contributed by atoms with Crippen molar-refractivity contribution in [1.82, 2.24) is 10.3 Å². The van der Waals surface area contributed by atoms with Crippen molar-refractivity contribution in [3.63, 3.8) is 0 Å². The number of nitrogens with zero attached hydrogens (tertiary/aromatic N) is 1. The molecule has 3 aromatic rings. The molecule has 0 bridgehead atoms. The summed E-state index contributed by atoms with van der Waals surface area (Å²) in [6.07, 6.45) is 2.50. The summed E-state index contributed by atoms with van der Waals surface area (Å²) in [6, 6.07) is 13.3. The number of aliphatic hydroxyl groups is 1. The van der Waals surface area contributed by atoms with Gasteiger partial charge in [0.15, 0.2) is 17.3 Å². The summed E-state index contributed by atoms with van der Waals surface area (Å²) in [7, 11) is 3.39. The minimum Gasteiger partial charge on any atom is -0.493 e. The summed E-state index contributed by atoms with van der Waals surface area (Å²) in [6.45, 7) is 5.67. The Morgan fingerprint density at radius 1 is 1.13 bits per heavy atom. The molecule has 1 fully saturated rings. The van der Waals surface area contributed by atoms with Crippen LogP contribution in [0.4, 0.5) is 4.39 Å². The first-order chi connectivity index (χ1) is 17.9. The van der Waals surface area contributed by atoms with Crippen LogP contribution < -0.4 is 14.8 Å². The van der Waals surface area contributed by atoms with Gasteiger partial charge in [-0.05, 0) is 101 Å². The predicted molar refractivity (Wildman–Crippen MR) is 147 cm³/mol. The smallest absolute Gasteiger partial charge is 0.163 e. The molecule has 8 heteroatoms. The van der Waals surface area contributed by atoms with Crippen LogP contribution in [0.2, 0.25) is 5.02 Å². The predicted octanol–water partition coefficient (Wildman–Crippen LogP) is 6.42. The summed E-state index contributed by atoms with van der Waals surface area (Å²) in [4.78, 5) is 17.8. The molecule has 1 aliphatic carbocycles. The van der Waals surface area contributed by atoms with Gasteiger partial charge in [-0.15, -0.1) is 0 Å². The van der Waals surface area contributed by atoms with Crippen LogP contribution in [-0.4, -0.2) is 36.1 Å². The summed E-state index contributed by atoms with van der Waals surface area (Å²) in [5.74, 6) is 0.497. The van der Waals surface area contributed by atoms with Crippen LogP contribution in [-0.2, 0) is 11.1 Å². The molecule has 1 unspecified atom stereocenters. The molecule has 0 saturated heterocycles. The van der Waals surface area contributed by atoms with Gasteiger partial charge in [-0.25, -0.2) is 9.37 Å². The Hall–Kier alpha value is -3.00. The molecule has 1 saturated carbocycles. The van der Waals surface area contributed by atoms with Crippen molar-refractivity contribution in [3.05, 3.63) is 76.2 Å². The average molecular weight is 541 g/mol. The van der Waals surface area contributed by atoms with Crippen LogP contribution in [0, 0.1) is 5.82 Å². The number of hydrogen-bond acceptors (Lipinski definition) is 6. The van der Waals surface area contributed by atoms with Gasteiger partial charge in [0.25, 0.3) is 0 Å². The lowest BCUT2D eigenvalue weighted by atomic mass is 9.87. The third kappa shape index (κ3) is 6.34. The largest absolute Gasteiger partial charge is 0.493 e. The number of Topliss-reactive ketones (excluding diaryl/α,β-unsaturated/α-hetero) is 1. The molecule has 1 atom stereocenters. The van der Waals surface area contributed by atoms with Crippen molar-refractivity contribution in [3.8, 4) is 22.8 Å². The third-order valence-corrected chi connectivity index (χ3v) is 7.37. The monoisotopic (exact) mass is 540 g/mol. The van der Waals surface area contributed by atoms with Crippen molar-refractivity contribution in [2.24, 2.45) is 0 Å². The van der Waals surface area contributed by atoms with Gasteiger partial charge < -0.3 is 19.9 Å². The molecular weight excluding hydrogens is 507 g/mol. The number of nitrogens with one attached hydrogen (secondary N) is 1. The maximum Gasteiger partial charge on any atom is 0.163 e. The highest BCUT2D eigenvalue weighted by Crippen LogP contribution is 2.36. The lowest BCUT2D eigenvalue weighted by Gasteiger charge is -2.29. The Morgan fingerprint density at radius 3 is 2.50 bits per heavy atom. The van der Waals surface area contributed by atoms with Crippen molar-refractivity contribution in [2.75, 3.05) is 14.2 Å². The number of aromatic nitrogens is 1. The standard InChI is InChI=1S/C30H34ClFN2O4/c1-29(2,33-4)20-16-24(18-6-10-23(32)22(31)14-18)34-28(17-20)30(3,36)13-12-25(35)19-7-11-26(27(15-19)37-5)38-21-8-9-21/h6-7,10-11,14-17,21,33,36H,8-9,12-13H2,1-5H3. The Morgan fingerprint density at radius 2 is 1.87 bits per heavy atom. The molecule has 1 heterocycles. The van der Waals surface area contributed by atoms with E-state index in [1.807, 2.05) is 33.0 Å². The van der Waals surface area contributed by atoms with E-state index in [-0.39, 0.29) is 29.8 Å². The van der Waals surface area contributed by atoms with E-state index >= 15 is 0 Å². The summed E-state index contributed by atoms with van der Waals surface area (Å²) >= 11 is 6.03. The molecule has 38 heavy (non-hydrogen) atoms. The van der Waals surface area contributed by atoms with E-state index in [2.05, 4.69) is 5.32 Å². The highest BCUT2D eigenvalue weighted by molar-refractivity contribution is 6.31. The van der Waals surface area contributed by atoms with Gasteiger partial charge in [-0.1, -0.05) is 11.6 Å². The second-order valence-corrected chi connectivity index (χ2v) is 10.9. The summed E-state index contributed by atoms with van der Waals surface area (Å²) in [5, 5.41) is 14.8. The number of hydrogen-bond donors (Lipinski definition) is 2. The molecule has 2 aromatic carbocycles. The van der Waals surface area contributed by atoms with Crippen LogP contribution in [0.3, 0.4) is 0 Å². The molecule has 0 spiro atoms. The number of methoxy groups -OCH3 is 1. The lowest BCUT2D eigenvalue weighted by Crippen LogP contribution is -2.34. The number of halogens is 2. The zero-order chi connectivity index (χ0) is 27.7. The Balaban J connectivity index is 1.59. The topological polar surface area (TPSA) is 80.7 Å². The molecule has 2 N–H and O–H groups in total. The molecule has 0 radical (unpaired) electrons. The van der Waals surface area contributed by atoms with Crippen LogP contribution in [0.25, 0.3) is 11.3 Å². The number of carbonyl (C=O) groups is 1. The van der Waals surface area contributed by atoms with Crippen LogP contribution >= 0.6 is 11.6 Å². The second-order valence-electron chi connectivity index (χ2n) is 10.5. The molecule has 202 valence electrons. The van der Waals surface area contributed by atoms with Gasteiger partial charge in [0.05, 0.1) is 29.6 Å². The van der Waals surface area contributed by atoms with Gasteiger partial charge in [0, 0.05) is 23.1 Å². The fraction of sp³-hybridized carbons (Fsp3) is 0.400. The van der Waals surface area contributed by atoms with Crippen LogP contribution in [0.5, 0.6) is 11.5 Å². The van der Waals surface area contributed by atoms with Crippen molar-refractivity contribution in [1.29, 1.82) is 0 Å². The SMILES string of the molecule is CNC(C)(C)c1cc(-c2ccc(F)c(Cl)c2)nc(C(C)(O)CCC(=O)c2ccc(OC3CC3)c(OC)c2)c1. The van der Waals surface area contributed by atoms with Gasteiger partial charge >= 0.3 is 0 Å². The molecule has 0 amide bonds. The Labute approximate surface area is 228 Å². The zero-order valence-corrected chi connectivity index (χ0v) is 23.2. The summed E-state index contributed by atoms with van der Waals surface area (Å²) in [5.41, 5.74) is 1.09. The summed E-state index contributed by atoms with van der Waals surface area (Å²) < 4.78 is 25.1. The maximum atomic E-state index is 13.8. The van der Waals surface area contributed by atoms with E-state index in [0.29, 0.717) is 34.0 Å². The number of ketones is 1. The first kappa shape index (κ1) is 28.0. The fourth-order valence-corrected chi connectivity index (χ4v) is 4.23. The highest BCUT2D eigenvalue weighted by atomic mass is 35.5. The molecule has 1 aromatic heterocycles. The van der Waals surface area contributed by atoms with Gasteiger partial charge in [0.2, 0.25) is 0 Å². The Bertz CT molecular complexity index is 1340. The lowest BCUT2D eigenvalue weighted by molar-refractivity contribution is 0.0396. The number of benzene rings is 2. The molecule has 6 nitrogen and oxygen atoms in total. The van der Waals surface area contributed by atoms with Gasteiger partial charge in [-0.2, -0.15) is 0 Å². The molecule has 4 rings (SSSR count). The first-order valence-electron chi connectivity index (χ1n) is 12.7. The van der Waals surface area contributed by atoms with E-state index < -0.39 is 17.0 Å². The van der Waals surface area contributed by atoms with Crippen molar-refractivity contribution >= 4 is 17.4 Å². The van der Waals surface area contributed by atoms with Crippen LogP contribution in [0.1, 0.15) is 68.1 Å². The van der Waals surface area contributed by atoms with Crippen molar-refractivity contribution < 1.29 is 23.8 Å². The highest BCUT2D eigenvalue weighted by Gasteiger charge is 2.30. The number of ether oxygens (including phenoxy) is 2. The first-order valence-corrected chi connectivity index (χ1v) is 13.1. The molecular formula is C30H34ClFN2O4. The van der Waals surface area contributed by atoms with E-state index in [1.165, 1.54) is 12.1 Å². The van der Waals surface area contributed by atoms with E-state index in [9.17, 15) is 14.3 Å². The number of rotatable bonds is 11. The van der Waals surface area contributed by atoms with E-state index in [0.717, 1.165) is 18.4 Å². The minimum absolute atomic E-state index is 0.00883. The van der Waals surface area contributed by atoms with E-state index in [4.69, 9.17) is 26.1 Å². The van der Waals surface area contributed by atoms with Gasteiger partial charge in [0.1, 0.15) is 11.4 Å². The normalized spacial score (nSPS) is 15.2. The Kier molecular flexibility index (Phi) is 8.12. The van der Waals surface area contributed by atoms with Gasteiger partial charge in [-0.3, -0.25) is 4.79 Å². The average Bonchev–Trinajstić information content (AvgIpc) is 3.73. The van der Waals surface area contributed by atoms with E-state index in [1.54, 1.807) is 38.3 Å². The molecule has 1 aliphatic rings. The quantitative estimate of drug-likeness (QED) is 0.273. The fourth-order valence-electron chi connectivity index (χ4n) is 4.05. The van der Waals surface area contributed by atoms with Crippen LogP contribution in [0.15, 0.2) is 48.5 Å². The third-order valence-electron chi connectivity index (χ3n) is 7.08. The minimum atomic E-state index is -1.41. The molecule has 0 aliphatic heterocycles. The van der Waals surface area contributed by atoms with Crippen molar-refractivity contribution in [2.45, 2.75) is 63.7 Å².